The van der Waals surface area contributed by atoms with Crippen molar-refractivity contribution in [3.05, 3.63) is 59.6 Å². The summed E-state index contributed by atoms with van der Waals surface area (Å²) in [5, 5.41) is 3.32. The number of carbonyl (C=O) groups is 1. The van der Waals surface area contributed by atoms with E-state index < -0.39 is 0 Å². The lowest BCUT2D eigenvalue weighted by atomic mass is 9.67. The zero-order valence-corrected chi connectivity index (χ0v) is 11.6. The zero-order valence-electron chi connectivity index (χ0n) is 11.6. The summed E-state index contributed by atoms with van der Waals surface area (Å²) in [6, 6.07) is -0.185. The highest BCUT2D eigenvalue weighted by atomic mass is 16.1. The van der Waals surface area contributed by atoms with Crippen molar-refractivity contribution >= 4 is 5.78 Å². The van der Waals surface area contributed by atoms with Crippen LogP contribution in [0.5, 0.6) is 0 Å². The zero-order chi connectivity index (χ0) is 13.7. The van der Waals surface area contributed by atoms with Gasteiger partial charge in [-0.2, -0.15) is 0 Å². The standard InChI is InChI=1S/C17H18N2O/c1-19-13-7-3-2-6-12(13)17-10-4-5-11-18-16(17)14(20)8-9-15(17)19/h4-7,9-11,16,18H,2-3,8H2,1H3. The molecule has 0 aromatic carbocycles. The summed E-state index contributed by atoms with van der Waals surface area (Å²) < 4.78 is 0. The Morgan fingerprint density at radius 2 is 2.10 bits per heavy atom. The van der Waals surface area contributed by atoms with E-state index in [9.17, 15) is 4.79 Å². The van der Waals surface area contributed by atoms with Crippen molar-refractivity contribution in [3.8, 4) is 0 Å². The Morgan fingerprint density at radius 1 is 1.25 bits per heavy atom. The number of allylic oxidation sites excluding steroid dienone is 6. The molecule has 0 aromatic rings. The van der Waals surface area contributed by atoms with Crippen LogP contribution in [-0.4, -0.2) is 23.8 Å². The Kier molecular flexibility index (Phi) is 2.34. The molecule has 2 atom stereocenters. The Morgan fingerprint density at radius 3 is 3.00 bits per heavy atom. The molecule has 3 nitrogen and oxygen atoms in total. The number of hydrogen-bond donors (Lipinski definition) is 1. The smallest absolute Gasteiger partial charge is 0.160 e. The van der Waals surface area contributed by atoms with Crippen LogP contribution in [0.15, 0.2) is 59.6 Å². The molecule has 1 N–H and O–H groups in total. The fraction of sp³-hybridized carbons (Fsp3) is 0.353. The second kappa shape index (κ2) is 3.98. The quantitative estimate of drug-likeness (QED) is 0.731. The number of nitrogens with zero attached hydrogens (tertiary/aromatic N) is 1. The summed E-state index contributed by atoms with van der Waals surface area (Å²) in [7, 11) is 2.12. The summed E-state index contributed by atoms with van der Waals surface area (Å²) in [4.78, 5) is 14.7. The first kappa shape index (κ1) is 11.8. The van der Waals surface area contributed by atoms with Crippen LogP contribution >= 0.6 is 0 Å². The summed E-state index contributed by atoms with van der Waals surface area (Å²) in [5.41, 5.74) is 3.49. The molecular weight excluding hydrogens is 248 g/mol. The molecule has 20 heavy (non-hydrogen) atoms. The van der Waals surface area contributed by atoms with E-state index in [2.05, 4.69) is 47.6 Å². The monoisotopic (exact) mass is 266 g/mol. The first-order chi connectivity index (χ1) is 9.75. The Balaban J connectivity index is 2.00. The highest BCUT2D eigenvalue weighted by Gasteiger charge is 2.55. The molecule has 4 rings (SSSR count). The molecule has 1 saturated heterocycles. The van der Waals surface area contributed by atoms with Crippen molar-refractivity contribution in [2.45, 2.75) is 25.3 Å². The molecule has 2 aliphatic heterocycles. The van der Waals surface area contributed by atoms with Crippen LogP contribution in [0.4, 0.5) is 0 Å². The summed E-state index contributed by atoms with van der Waals surface area (Å²) in [6.45, 7) is 0. The maximum absolute atomic E-state index is 12.5. The van der Waals surface area contributed by atoms with Gasteiger partial charge in [0.15, 0.2) is 5.78 Å². The lowest BCUT2D eigenvalue weighted by Crippen LogP contribution is -2.50. The number of likely N-dealkylation sites (N-methyl/N-ethyl adjacent to an activating group) is 1. The first-order valence-electron chi connectivity index (χ1n) is 7.24. The third-order valence-electron chi connectivity index (χ3n) is 4.82. The van der Waals surface area contributed by atoms with E-state index in [0.29, 0.717) is 6.42 Å². The highest BCUT2D eigenvalue weighted by molar-refractivity contribution is 5.91. The van der Waals surface area contributed by atoms with Gasteiger partial charge in [0.25, 0.3) is 0 Å². The van der Waals surface area contributed by atoms with Crippen molar-refractivity contribution in [3.63, 3.8) is 0 Å². The SMILES string of the molecule is CN1C2=CCCC=C2C23C=CC=CNC2C(=O)CC=C13. The van der Waals surface area contributed by atoms with Gasteiger partial charge in [0, 0.05) is 24.9 Å². The van der Waals surface area contributed by atoms with Crippen molar-refractivity contribution < 1.29 is 4.79 Å². The molecule has 0 amide bonds. The lowest BCUT2D eigenvalue weighted by Gasteiger charge is -2.39. The van der Waals surface area contributed by atoms with Gasteiger partial charge in [0.1, 0.15) is 6.04 Å². The van der Waals surface area contributed by atoms with E-state index in [1.165, 1.54) is 17.0 Å². The average molecular weight is 266 g/mol. The first-order valence-corrected chi connectivity index (χ1v) is 7.24. The molecule has 102 valence electrons. The van der Waals surface area contributed by atoms with Gasteiger partial charge in [-0.3, -0.25) is 4.79 Å². The number of likely N-dealkylation sites (tertiary alicyclic amines) is 1. The number of rotatable bonds is 0. The van der Waals surface area contributed by atoms with Crippen LogP contribution in [0.3, 0.4) is 0 Å². The van der Waals surface area contributed by atoms with Gasteiger partial charge < -0.3 is 10.2 Å². The van der Waals surface area contributed by atoms with Crippen LogP contribution in [0, 0.1) is 5.41 Å². The molecule has 3 heteroatoms. The molecular formula is C17H18N2O. The number of Topliss-reactive ketones (excluding diaryl/α,β-unsaturated/α-hetero) is 1. The Hall–Kier alpha value is -2.03. The van der Waals surface area contributed by atoms with E-state index >= 15 is 0 Å². The topological polar surface area (TPSA) is 32.3 Å². The van der Waals surface area contributed by atoms with E-state index in [-0.39, 0.29) is 17.2 Å². The number of carbonyl (C=O) groups excluding carboxylic acids is 1. The van der Waals surface area contributed by atoms with Crippen LogP contribution < -0.4 is 5.32 Å². The minimum Gasteiger partial charge on any atom is -0.380 e. The third-order valence-corrected chi connectivity index (χ3v) is 4.82. The molecule has 0 aromatic heterocycles. The second-order valence-corrected chi connectivity index (χ2v) is 5.79. The molecule has 2 unspecified atom stereocenters. The second-order valence-electron chi connectivity index (χ2n) is 5.79. The minimum atomic E-state index is -0.320. The molecule has 2 aliphatic carbocycles. The maximum atomic E-state index is 12.5. The van der Waals surface area contributed by atoms with E-state index in [0.717, 1.165) is 12.8 Å². The lowest BCUT2D eigenvalue weighted by molar-refractivity contribution is -0.122. The highest BCUT2D eigenvalue weighted by Crippen LogP contribution is 2.56. The number of ketones is 1. The van der Waals surface area contributed by atoms with E-state index in [4.69, 9.17) is 0 Å². The van der Waals surface area contributed by atoms with Gasteiger partial charge in [-0.1, -0.05) is 30.4 Å². The fourth-order valence-electron chi connectivity index (χ4n) is 3.99. The van der Waals surface area contributed by atoms with Crippen LogP contribution in [0.2, 0.25) is 0 Å². The van der Waals surface area contributed by atoms with Gasteiger partial charge in [0.05, 0.1) is 5.41 Å². The third kappa shape index (κ3) is 1.28. The molecule has 1 spiro atoms. The maximum Gasteiger partial charge on any atom is 0.160 e. The molecule has 2 heterocycles. The van der Waals surface area contributed by atoms with Crippen LogP contribution in [0.1, 0.15) is 19.3 Å². The van der Waals surface area contributed by atoms with Crippen LogP contribution in [0.25, 0.3) is 0 Å². The van der Waals surface area contributed by atoms with Gasteiger partial charge >= 0.3 is 0 Å². The van der Waals surface area contributed by atoms with E-state index in [1.54, 1.807) is 0 Å². The predicted molar refractivity (Wildman–Crippen MR) is 78.5 cm³/mol. The molecule has 1 fully saturated rings. The van der Waals surface area contributed by atoms with Gasteiger partial charge in [-0.25, -0.2) is 0 Å². The molecule has 4 aliphatic rings. The summed E-state index contributed by atoms with van der Waals surface area (Å²) in [6.07, 6.45) is 17.5. The van der Waals surface area contributed by atoms with Gasteiger partial charge in [-0.05, 0) is 30.7 Å². The fourth-order valence-corrected chi connectivity index (χ4v) is 3.99. The van der Waals surface area contributed by atoms with Crippen molar-refractivity contribution in [2.75, 3.05) is 7.05 Å². The summed E-state index contributed by atoms with van der Waals surface area (Å²) in [5.74, 6) is 0.270. The Labute approximate surface area is 119 Å². The van der Waals surface area contributed by atoms with Crippen LogP contribution in [-0.2, 0) is 4.79 Å². The van der Waals surface area contributed by atoms with E-state index in [1.807, 2.05) is 12.3 Å². The average Bonchev–Trinajstić information content (AvgIpc) is 2.63. The molecule has 0 radical (unpaired) electrons. The molecule has 0 bridgehead atoms. The molecule has 0 saturated carbocycles. The van der Waals surface area contributed by atoms with Crippen molar-refractivity contribution in [1.29, 1.82) is 0 Å². The minimum absolute atomic E-state index is 0.185. The van der Waals surface area contributed by atoms with Gasteiger partial charge in [0.2, 0.25) is 0 Å². The predicted octanol–water partition coefficient (Wildman–Crippen LogP) is 2.42. The number of fused-ring (bicyclic) bond motifs is 1. The Bertz CT molecular complexity index is 635. The number of hydrogen-bond acceptors (Lipinski definition) is 3. The van der Waals surface area contributed by atoms with Gasteiger partial charge in [-0.15, -0.1) is 0 Å². The summed E-state index contributed by atoms with van der Waals surface area (Å²) >= 11 is 0. The van der Waals surface area contributed by atoms with Crippen molar-refractivity contribution in [2.24, 2.45) is 5.41 Å². The normalized spacial score (nSPS) is 34.2. The largest absolute Gasteiger partial charge is 0.380 e. The number of nitrogens with one attached hydrogen (secondary N) is 1. The van der Waals surface area contributed by atoms with Crippen molar-refractivity contribution in [1.82, 2.24) is 10.2 Å².